The topological polar surface area (TPSA) is 15.3 Å². The monoisotopic (exact) mass is 182 g/mol. The number of nitrogens with one attached hydrogen (secondary N) is 1. The molecular weight excluding hydrogens is 160 g/mol. The van der Waals surface area contributed by atoms with Crippen LogP contribution in [0.5, 0.6) is 0 Å². The van der Waals surface area contributed by atoms with E-state index in [0.717, 1.165) is 18.0 Å². The molecule has 13 heavy (non-hydrogen) atoms. The molecule has 0 aromatic carbocycles. The van der Waals surface area contributed by atoms with Crippen molar-refractivity contribution in [2.75, 3.05) is 19.6 Å². The van der Waals surface area contributed by atoms with Crippen LogP contribution in [0.4, 0.5) is 0 Å². The Bertz CT molecular complexity index is 165. The molecule has 76 valence electrons. The smallest absolute Gasteiger partial charge is 0.00700 e. The molecule has 0 amide bonds. The number of hydrogen-bond acceptors (Lipinski definition) is 2. The van der Waals surface area contributed by atoms with E-state index in [9.17, 15) is 0 Å². The third-order valence-corrected chi connectivity index (χ3v) is 3.63. The minimum Gasteiger partial charge on any atom is -0.314 e. The summed E-state index contributed by atoms with van der Waals surface area (Å²) in [7, 11) is 0. The summed E-state index contributed by atoms with van der Waals surface area (Å²) in [5.74, 6) is 0.936. The second kappa shape index (κ2) is 3.97. The van der Waals surface area contributed by atoms with Crippen molar-refractivity contribution in [1.82, 2.24) is 10.2 Å². The van der Waals surface area contributed by atoms with Gasteiger partial charge in [0.2, 0.25) is 0 Å². The Hall–Kier alpha value is -0.0800. The molecule has 0 radical (unpaired) electrons. The van der Waals surface area contributed by atoms with Crippen LogP contribution in [0, 0.1) is 5.92 Å². The summed E-state index contributed by atoms with van der Waals surface area (Å²) in [6.45, 7) is 8.63. The lowest BCUT2D eigenvalue weighted by Crippen LogP contribution is -2.44. The molecule has 2 aliphatic rings. The first-order valence-electron chi connectivity index (χ1n) is 5.73. The van der Waals surface area contributed by atoms with Gasteiger partial charge in [-0.2, -0.15) is 0 Å². The fourth-order valence-electron chi connectivity index (χ4n) is 2.63. The first kappa shape index (κ1) is 9.47. The molecule has 0 saturated carbocycles. The van der Waals surface area contributed by atoms with Crippen LogP contribution in [0.1, 0.15) is 33.1 Å². The summed E-state index contributed by atoms with van der Waals surface area (Å²) in [4.78, 5) is 2.61. The van der Waals surface area contributed by atoms with Gasteiger partial charge in [-0.05, 0) is 58.7 Å². The van der Waals surface area contributed by atoms with Crippen LogP contribution < -0.4 is 5.32 Å². The first-order chi connectivity index (χ1) is 6.25. The highest BCUT2D eigenvalue weighted by Gasteiger charge is 2.26. The maximum atomic E-state index is 3.53. The summed E-state index contributed by atoms with van der Waals surface area (Å²) in [6, 6.07) is 1.58. The van der Waals surface area contributed by atoms with Crippen LogP contribution in [0.2, 0.25) is 0 Å². The van der Waals surface area contributed by atoms with Crippen LogP contribution in [0.3, 0.4) is 0 Å². The molecule has 3 atom stereocenters. The molecule has 0 spiro atoms. The first-order valence-corrected chi connectivity index (χ1v) is 5.73. The molecule has 0 aliphatic carbocycles. The number of likely N-dealkylation sites (tertiary alicyclic amines) is 1. The van der Waals surface area contributed by atoms with E-state index in [1.165, 1.54) is 38.9 Å². The predicted octanol–water partition coefficient (Wildman–Crippen LogP) is 1.47. The minimum atomic E-state index is 0.758. The Morgan fingerprint density at radius 1 is 1.46 bits per heavy atom. The highest BCUT2D eigenvalue weighted by atomic mass is 15.2. The largest absolute Gasteiger partial charge is 0.314 e. The molecule has 2 aliphatic heterocycles. The number of nitrogens with zero attached hydrogens (tertiary/aromatic N) is 1. The van der Waals surface area contributed by atoms with E-state index in [0.29, 0.717) is 0 Å². The average molecular weight is 182 g/mol. The van der Waals surface area contributed by atoms with Gasteiger partial charge in [0, 0.05) is 12.1 Å². The lowest BCUT2D eigenvalue weighted by molar-refractivity contribution is 0.112. The molecule has 2 rings (SSSR count). The second-order valence-corrected chi connectivity index (χ2v) is 4.89. The minimum absolute atomic E-state index is 0.758. The maximum absolute atomic E-state index is 3.53. The van der Waals surface area contributed by atoms with Gasteiger partial charge in [0.1, 0.15) is 0 Å². The third kappa shape index (κ3) is 2.23. The zero-order valence-corrected chi connectivity index (χ0v) is 8.92. The van der Waals surface area contributed by atoms with E-state index in [-0.39, 0.29) is 0 Å². The lowest BCUT2D eigenvalue weighted by Gasteiger charge is -2.37. The summed E-state index contributed by atoms with van der Waals surface area (Å²) in [5, 5.41) is 3.53. The molecule has 2 heteroatoms. The van der Waals surface area contributed by atoms with Crippen molar-refractivity contribution in [3.8, 4) is 0 Å². The molecule has 2 heterocycles. The second-order valence-electron chi connectivity index (χ2n) is 4.89. The Morgan fingerprint density at radius 2 is 2.23 bits per heavy atom. The van der Waals surface area contributed by atoms with Gasteiger partial charge in [0.25, 0.3) is 0 Å². The zero-order chi connectivity index (χ0) is 9.26. The quantitative estimate of drug-likeness (QED) is 0.711. The Morgan fingerprint density at radius 3 is 2.69 bits per heavy atom. The Balaban J connectivity index is 1.71. The van der Waals surface area contributed by atoms with Gasteiger partial charge < -0.3 is 10.2 Å². The molecule has 0 aromatic heterocycles. The van der Waals surface area contributed by atoms with Crippen molar-refractivity contribution in [3.05, 3.63) is 0 Å². The fourth-order valence-corrected chi connectivity index (χ4v) is 2.63. The third-order valence-electron chi connectivity index (χ3n) is 3.63. The van der Waals surface area contributed by atoms with Crippen LogP contribution in [-0.2, 0) is 0 Å². The van der Waals surface area contributed by atoms with Gasteiger partial charge in [-0.3, -0.25) is 0 Å². The highest BCUT2D eigenvalue weighted by molar-refractivity contribution is 4.83. The van der Waals surface area contributed by atoms with Crippen LogP contribution >= 0.6 is 0 Å². The van der Waals surface area contributed by atoms with E-state index in [1.54, 1.807) is 0 Å². The van der Waals surface area contributed by atoms with Gasteiger partial charge >= 0.3 is 0 Å². The SMILES string of the molecule is CC(CC1CN[C@H](C)C1)N1CCC1. The zero-order valence-electron chi connectivity index (χ0n) is 8.92. The van der Waals surface area contributed by atoms with Gasteiger partial charge in [-0.15, -0.1) is 0 Å². The van der Waals surface area contributed by atoms with Gasteiger partial charge in [-0.1, -0.05) is 0 Å². The van der Waals surface area contributed by atoms with E-state index in [4.69, 9.17) is 0 Å². The molecule has 0 aromatic rings. The average Bonchev–Trinajstić information content (AvgIpc) is 2.31. The van der Waals surface area contributed by atoms with Crippen molar-refractivity contribution < 1.29 is 0 Å². The summed E-state index contributed by atoms with van der Waals surface area (Å²) >= 11 is 0. The summed E-state index contributed by atoms with van der Waals surface area (Å²) in [5.41, 5.74) is 0. The Kier molecular flexibility index (Phi) is 2.89. The molecular formula is C11H22N2. The van der Waals surface area contributed by atoms with E-state index >= 15 is 0 Å². The van der Waals surface area contributed by atoms with Gasteiger partial charge in [0.15, 0.2) is 0 Å². The standard InChI is InChI=1S/C11H22N2/c1-9-6-11(8-12-9)7-10(2)13-4-3-5-13/h9-12H,3-8H2,1-2H3/t9-,10?,11?/m1/s1. The van der Waals surface area contributed by atoms with Gasteiger partial charge in [0.05, 0.1) is 0 Å². The van der Waals surface area contributed by atoms with Crippen LogP contribution in [0.15, 0.2) is 0 Å². The van der Waals surface area contributed by atoms with Crippen molar-refractivity contribution in [2.24, 2.45) is 5.92 Å². The fraction of sp³-hybridized carbons (Fsp3) is 1.00. The lowest BCUT2D eigenvalue weighted by atomic mass is 9.96. The molecule has 2 unspecified atom stereocenters. The highest BCUT2D eigenvalue weighted by Crippen LogP contribution is 2.23. The van der Waals surface area contributed by atoms with Gasteiger partial charge in [-0.25, -0.2) is 0 Å². The summed E-state index contributed by atoms with van der Waals surface area (Å²) in [6.07, 6.45) is 4.21. The van der Waals surface area contributed by atoms with E-state index < -0.39 is 0 Å². The van der Waals surface area contributed by atoms with E-state index in [2.05, 4.69) is 24.1 Å². The predicted molar refractivity (Wildman–Crippen MR) is 55.8 cm³/mol. The maximum Gasteiger partial charge on any atom is 0.00700 e. The van der Waals surface area contributed by atoms with Crippen molar-refractivity contribution in [2.45, 2.75) is 45.2 Å². The van der Waals surface area contributed by atoms with Crippen LogP contribution in [0.25, 0.3) is 0 Å². The molecule has 1 N–H and O–H groups in total. The molecule has 2 fully saturated rings. The van der Waals surface area contributed by atoms with Crippen molar-refractivity contribution >= 4 is 0 Å². The van der Waals surface area contributed by atoms with Crippen molar-refractivity contribution in [1.29, 1.82) is 0 Å². The molecule has 2 saturated heterocycles. The van der Waals surface area contributed by atoms with Crippen LogP contribution in [-0.4, -0.2) is 36.6 Å². The normalized spacial score (nSPS) is 37.4. The van der Waals surface area contributed by atoms with E-state index in [1.807, 2.05) is 0 Å². The molecule has 2 nitrogen and oxygen atoms in total. The number of hydrogen-bond donors (Lipinski definition) is 1. The Labute approximate surface area is 81.7 Å². The summed E-state index contributed by atoms with van der Waals surface area (Å²) < 4.78 is 0. The molecule has 0 bridgehead atoms. The number of rotatable bonds is 3. The van der Waals surface area contributed by atoms with Crippen molar-refractivity contribution in [3.63, 3.8) is 0 Å².